The second-order valence-electron chi connectivity index (χ2n) is 8.39. The SMILES string of the molecule is CCCCc1ccc(C#Cc2ccc([C@H]3CC[C@H](CCCC)CC3)cc2)nc1. The molecular weight excluding hydrogens is 338 g/mol. The van der Waals surface area contributed by atoms with Crippen LogP contribution in [0.25, 0.3) is 0 Å². The van der Waals surface area contributed by atoms with Crippen molar-refractivity contribution in [1.29, 1.82) is 0 Å². The highest BCUT2D eigenvalue weighted by molar-refractivity contribution is 5.41. The van der Waals surface area contributed by atoms with Crippen LogP contribution < -0.4 is 0 Å². The Morgan fingerprint density at radius 2 is 1.61 bits per heavy atom. The van der Waals surface area contributed by atoms with E-state index in [9.17, 15) is 0 Å². The summed E-state index contributed by atoms with van der Waals surface area (Å²) < 4.78 is 0. The molecule has 0 aliphatic heterocycles. The number of hydrogen-bond donors (Lipinski definition) is 0. The van der Waals surface area contributed by atoms with Crippen LogP contribution in [0.15, 0.2) is 42.6 Å². The third kappa shape index (κ3) is 6.23. The Labute approximate surface area is 172 Å². The molecule has 1 heteroatoms. The Morgan fingerprint density at radius 1 is 0.857 bits per heavy atom. The van der Waals surface area contributed by atoms with Crippen molar-refractivity contribution in [3.8, 4) is 11.8 Å². The van der Waals surface area contributed by atoms with Crippen LogP contribution in [-0.4, -0.2) is 4.98 Å². The summed E-state index contributed by atoms with van der Waals surface area (Å²) in [4.78, 5) is 4.49. The number of benzene rings is 1. The van der Waals surface area contributed by atoms with Crippen LogP contribution in [0.4, 0.5) is 0 Å². The molecule has 1 saturated carbocycles. The van der Waals surface area contributed by atoms with E-state index in [0.717, 1.165) is 29.5 Å². The molecule has 148 valence electrons. The Balaban J connectivity index is 1.53. The Kier molecular flexibility index (Phi) is 8.16. The third-order valence-corrected chi connectivity index (χ3v) is 6.17. The molecule has 2 aromatic rings. The van der Waals surface area contributed by atoms with E-state index in [1.807, 2.05) is 12.3 Å². The third-order valence-electron chi connectivity index (χ3n) is 6.17. The zero-order valence-corrected chi connectivity index (χ0v) is 17.7. The summed E-state index contributed by atoms with van der Waals surface area (Å²) >= 11 is 0. The van der Waals surface area contributed by atoms with Crippen molar-refractivity contribution >= 4 is 0 Å². The minimum absolute atomic E-state index is 0.747. The highest BCUT2D eigenvalue weighted by Crippen LogP contribution is 2.37. The van der Waals surface area contributed by atoms with Gasteiger partial charge in [0.2, 0.25) is 0 Å². The topological polar surface area (TPSA) is 12.9 Å². The smallest absolute Gasteiger partial charge is 0.113 e. The predicted octanol–water partition coefficient (Wildman–Crippen LogP) is 7.29. The summed E-state index contributed by atoms with van der Waals surface area (Å²) in [6, 6.07) is 13.2. The van der Waals surface area contributed by atoms with Crippen molar-refractivity contribution in [1.82, 2.24) is 4.98 Å². The van der Waals surface area contributed by atoms with Crippen molar-refractivity contribution in [2.24, 2.45) is 5.92 Å². The number of unbranched alkanes of at least 4 members (excludes halogenated alkanes) is 2. The van der Waals surface area contributed by atoms with Gasteiger partial charge in [0.15, 0.2) is 0 Å². The van der Waals surface area contributed by atoms with Gasteiger partial charge >= 0.3 is 0 Å². The van der Waals surface area contributed by atoms with Crippen LogP contribution in [0.2, 0.25) is 0 Å². The van der Waals surface area contributed by atoms with Gasteiger partial charge in [-0.1, -0.05) is 63.7 Å². The maximum absolute atomic E-state index is 4.49. The van der Waals surface area contributed by atoms with Crippen LogP contribution in [0.3, 0.4) is 0 Å². The minimum Gasteiger partial charge on any atom is -0.248 e. The van der Waals surface area contributed by atoms with Gasteiger partial charge in [0.25, 0.3) is 0 Å². The molecule has 1 nitrogen and oxygen atoms in total. The lowest BCUT2D eigenvalue weighted by atomic mass is 9.77. The maximum atomic E-state index is 4.49. The van der Waals surface area contributed by atoms with Crippen molar-refractivity contribution in [3.05, 3.63) is 65.0 Å². The minimum atomic E-state index is 0.747. The number of aromatic nitrogens is 1. The van der Waals surface area contributed by atoms with Gasteiger partial charge in [0.05, 0.1) is 0 Å². The highest BCUT2D eigenvalue weighted by Gasteiger charge is 2.21. The van der Waals surface area contributed by atoms with E-state index in [1.54, 1.807) is 0 Å². The van der Waals surface area contributed by atoms with Gasteiger partial charge in [-0.2, -0.15) is 0 Å². The van der Waals surface area contributed by atoms with E-state index in [-0.39, 0.29) is 0 Å². The molecule has 0 N–H and O–H groups in total. The molecule has 0 atom stereocenters. The van der Waals surface area contributed by atoms with Gasteiger partial charge < -0.3 is 0 Å². The van der Waals surface area contributed by atoms with E-state index in [1.165, 1.54) is 68.9 Å². The molecule has 0 radical (unpaired) electrons. The first kappa shape index (κ1) is 20.7. The molecule has 1 aliphatic rings. The zero-order chi connectivity index (χ0) is 19.6. The molecule has 1 heterocycles. The first-order valence-corrected chi connectivity index (χ1v) is 11.4. The van der Waals surface area contributed by atoms with Crippen LogP contribution in [-0.2, 0) is 6.42 Å². The Bertz CT molecular complexity index is 753. The molecular formula is C27H35N. The van der Waals surface area contributed by atoms with Crippen molar-refractivity contribution in [2.75, 3.05) is 0 Å². The number of aryl methyl sites for hydroxylation is 1. The summed E-state index contributed by atoms with van der Waals surface area (Å²) in [7, 11) is 0. The standard InChI is InChI=1S/C27H35N/c1-3-5-7-22-9-15-25(16-10-22)26-17-11-23(12-18-26)13-19-27-20-14-24(21-28-27)8-6-4-2/h11-12,14,17-18,20-22,25H,3-10,15-16H2,1-2H3/t22-,25-. The van der Waals surface area contributed by atoms with Gasteiger partial charge in [-0.15, -0.1) is 0 Å². The van der Waals surface area contributed by atoms with Gasteiger partial charge in [0, 0.05) is 11.8 Å². The van der Waals surface area contributed by atoms with Gasteiger partial charge in [-0.05, 0) is 85.6 Å². The lowest BCUT2D eigenvalue weighted by Crippen LogP contribution is -2.13. The monoisotopic (exact) mass is 373 g/mol. The second kappa shape index (κ2) is 11.1. The molecule has 0 saturated heterocycles. The molecule has 0 spiro atoms. The molecule has 3 rings (SSSR count). The number of nitrogens with zero attached hydrogens (tertiary/aromatic N) is 1. The molecule has 28 heavy (non-hydrogen) atoms. The van der Waals surface area contributed by atoms with Crippen LogP contribution in [0, 0.1) is 17.8 Å². The Hall–Kier alpha value is -2.07. The van der Waals surface area contributed by atoms with E-state index in [2.05, 4.69) is 61.0 Å². The lowest BCUT2D eigenvalue weighted by Gasteiger charge is -2.28. The predicted molar refractivity (Wildman–Crippen MR) is 119 cm³/mol. The van der Waals surface area contributed by atoms with Crippen molar-refractivity contribution < 1.29 is 0 Å². The fraction of sp³-hybridized carbons (Fsp3) is 0.519. The van der Waals surface area contributed by atoms with Crippen LogP contribution >= 0.6 is 0 Å². The average molecular weight is 374 g/mol. The fourth-order valence-corrected chi connectivity index (χ4v) is 4.28. The van der Waals surface area contributed by atoms with Crippen molar-refractivity contribution in [2.45, 2.75) is 84.0 Å². The molecule has 1 aromatic carbocycles. The molecule has 1 aliphatic carbocycles. The zero-order valence-electron chi connectivity index (χ0n) is 17.7. The number of rotatable bonds is 7. The summed E-state index contributed by atoms with van der Waals surface area (Å²) in [5.41, 5.74) is 4.74. The van der Waals surface area contributed by atoms with E-state index >= 15 is 0 Å². The van der Waals surface area contributed by atoms with Gasteiger partial charge in [-0.25, -0.2) is 4.98 Å². The molecule has 0 unspecified atom stereocenters. The van der Waals surface area contributed by atoms with Gasteiger partial charge in [0.1, 0.15) is 5.69 Å². The first-order chi connectivity index (χ1) is 13.8. The van der Waals surface area contributed by atoms with E-state index < -0.39 is 0 Å². The largest absolute Gasteiger partial charge is 0.248 e. The van der Waals surface area contributed by atoms with Crippen LogP contribution in [0.5, 0.6) is 0 Å². The normalized spacial score (nSPS) is 19.1. The second-order valence-corrected chi connectivity index (χ2v) is 8.39. The van der Waals surface area contributed by atoms with Crippen LogP contribution in [0.1, 0.15) is 99.9 Å². The first-order valence-electron chi connectivity index (χ1n) is 11.4. The quantitative estimate of drug-likeness (QED) is 0.464. The molecule has 0 amide bonds. The van der Waals surface area contributed by atoms with Crippen molar-refractivity contribution in [3.63, 3.8) is 0 Å². The summed E-state index contributed by atoms with van der Waals surface area (Å²) in [6.45, 7) is 4.52. The van der Waals surface area contributed by atoms with E-state index in [0.29, 0.717) is 0 Å². The molecule has 1 aromatic heterocycles. The number of hydrogen-bond acceptors (Lipinski definition) is 1. The summed E-state index contributed by atoms with van der Waals surface area (Å²) in [5, 5.41) is 0. The van der Waals surface area contributed by atoms with Gasteiger partial charge in [-0.3, -0.25) is 0 Å². The number of pyridine rings is 1. The van der Waals surface area contributed by atoms with E-state index in [4.69, 9.17) is 0 Å². The highest BCUT2D eigenvalue weighted by atomic mass is 14.7. The maximum Gasteiger partial charge on any atom is 0.113 e. The summed E-state index contributed by atoms with van der Waals surface area (Å²) in [6.07, 6.45) is 15.2. The molecule has 0 bridgehead atoms. The average Bonchev–Trinajstić information content (AvgIpc) is 2.76. The lowest BCUT2D eigenvalue weighted by molar-refractivity contribution is 0.304. The Morgan fingerprint density at radius 3 is 2.25 bits per heavy atom. The fourth-order valence-electron chi connectivity index (χ4n) is 4.28. The molecule has 1 fully saturated rings. The summed E-state index contributed by atoms with van der Waals surface area (Å²) in [5.74, 6) is 8.20.